The molecule has 26 heavy (non-hydrogen) atoms. The van der Waals surface area contributed by atoms with Gasteiger partial charge in [0.15, 0.2) is 0 Å². The summed E-state index contributed by atoms with van der Waals surface area (Å²) in [5, 5.41) is 3.60. The third-order valence-corrected chi connectivity index (χ3v) is 3.97. The molecule has 0 aliphatic carbocycles. The minimum atomic E-state index is -0.114. The molecule has 140 valence electrons. The number of rotatable bonds is 5. The third-order valence-electron chi connectivity index (χ3n) is 3.72. The van der Waals surface area contributed by atoms with Crippen molar-refractivity contribution in [1.29, 1.82) is 0 Å². The molecule has 1 aromatic heterocycles. The molecule has 0 spiro atoms. The molecule has 1 heterocycles. The van der Waals surface area contributed by atoms with Gasteiger partial charge in [-0.25, -0.2) is 4.98 Å². The number of fused-ring (bicyclic) bond motifs is 1. The summed E-state index contributed by atoms with van der Waals surface area (Å²) in [6.45, 7) is 1.38. The van der Waals surface area contributed by atoms with Crippen molar-refractivity contribution in [2.75, 3.05) is 27.2 Å². The summed E-state index contributed by atoms with van der Waals surface area (Å²) >= 11 is 5.93. The Bertz CT molecular complexity index is 863. The van der Waals surface area contributed by atoms with Gasteiger partial charge in [-0.1, -0.05) is 17.7 Å². The van der Waals surface area contributed by atoms with Crippen LogP contribution in [0.25, 0.3) is 22.4 Å². The molecule has 0 aliphatic heterocycles. The highest BCUT2D eigenvalue weighted by atomic mass is 35.5. The molecule has 2 N–H and O–H groups in total. The van der Waals surface area contributed by atoms with Crippen molar-refractivity contribution in [3.63, 3.8) is 0 Å². The van der Waals surface area contributed by atoms with Crippen molar-refractivity contribution >= 4 is 53.4 Å². The zero-order chi connectivity index (χ0) is 17.1. The highest BCUT2D eigenvalue weighted by molar-refractivity contribution is 6.30. The Morgan fingerprint density at radius 1 is 1.15 bits per heavy atom. The molecule has 0 radical (unpaired) electrons. The fourth-order valence-electron chi connectivity index (χ4n) is 2.45. The number of H-pyrrole nitrogens is 1. The summed E-state index contributed by atoms with van der Waals surface area (Å²) < 4.78 is 0. The first kappa shape index (κ1) is 22.3. The highest BCUT2D eigenvalue weighted by Gasteiger charge is 2.14. The van der Waals surface area contributed by atoms with Crippen LogP contribution in [0.1, 0.15) is 10.4 Å². The van der Waals surface area contributed by atoms with E-state index in [1.807, 2.05) is 55.4 Å². The molecule has 0 saturated heterocycles. The van der Waals surface area contributed by atoms with Crippen molar-refractivity contribution in [2.24, 2.45) is 0 Å². The first-order chi connectivity index (χ1) is 11.5. The monoisotopic (exact) mass is 414 g/mol. The van der Waals surface area contributed by atoms with Gasteiger partial charge in [0.25, 0.3) is 5.91 Å². The zero-order valence-electron chi connectivity index (χ0n) is 14.5. The Hall–Kier alpha value is -1.79. The van der Waals surface area contributed by atoms with Crippen molar-refractivity contribution in [2.45, 2.75) is 0 Å². The number of carbonyl (C=O) groups is 1. The molecule has 1 amide bonds. The van der Waals surface area contributed by atoms with E-state index in [1.165, 1.54) is 0 Å². The summed E-state index contributed by atoms with van der Waals surface area (Å²) in [5.74, 6) is 0.604. The smallest absolute Gasteiger partial charge is 0.253 e. The van der Waals surface area contributed by atoms with Gasteiger partial charge < -0.3 is 15.2 Å². The van der Waals surface area contributed by atoms with Gasteiger partial charge in [-0.05, 0) is 50.5 Å². The van der Waals surface area contributed by atoms with Gasteiger partial charge in [-0.3, -0.25) is 4.79 Å². The topological polar surface area (TPSA) is 61.0 Å². The maximum Gasteiger partial charge on any atom is 0.253 e. The van der Waals surface area contributed by atoms with Gasteiger partial charge in [-0.2, -0.15) is 0 Å². The molecular weight excluding hydrogens is 395 g/mol. The van der Waals surface area contributed by atoms with E-state index in [4.69, 9.17) is 11.6 Å². The second-order valence-electron chi connectivity index (χ2n) is 5.85. The summed E-state index contributed by atoms with van der Waals surface area (Å²) in [4.78, 5) is 22.3. The van der Waals surface area contributed by atoms with Gasteiger partial charge in [0.1, 0.15) is 11.3 Å². The SMILES string of the molecule is CN(C)CCNC(=O)c1cccc2[nH]c(-c3ccc(Cl)cc3)nc12.Cl.Cl. The lowest BCUT2D eigenvalue weighted by molar-refractivity contribution is 0.0952. The van der Waals surface area contributed by atoms with Crippen LogP contribution in [0.4, 0.5) is 0 Å². The highest BCUT2D eigenvalue weighted by Crippen LogP contribution is 2.24. The molecule has 3 aromatic rings. The lowest BCUT2D eigenvalue weighted by Gasteiger charge is -2.10. The van der Waals surface area contributed by atoms with Crippen molar-refractivity contribution in [3.05, 3.63) is 53.1 Å². The van der Waals surface area contributed by atoms with E-state index >= 15 is 0 Å². The van der Waals surface area contributed by atoms with Crippen molar-refractivity contribution in [3.8, 4) is 11.4 Å². The minimum absolute atomic E-state index is 0. The summed E-state index contributed by atoms with van der Waals surface area (Å²) in [5.41, 5.74) is 3.00. The molecule has 0 atom stereocenters. The number of halogens is 3. The van der Waals surface area contributed by atoms with E-state index in [1.54, 1.807) is 6.07 Å². The molecule has 5 nitrogen and oxygen atoms in total. The van der Waals surface area contributed by atoms with Gasteiger partial charge in [0.2, 0.25) is 0 Å². The molecule has 3 rings (SSSR count). The van der Waals surface area contributed by atoms with Crippen LogP contribution in [-0.4, -0.2) is 48.0 Å². The van der Waals surface area contributed by atoms with E-state index < -0.39 is 0 Å². The van der Waals surface area contributed by atoms with Crippen LogP contribution in [0.15, 0.2) is 42.5 Å². The van der Waals surface area contributed by atoms with Gasteiger partial charge >= 0.3 is 0 Å². The number of hydrogen-bond acceptors (Lipinski definition) is 3. The lowest BCUT2D eigenvalue weighted by atomic mass is 10.1. The van der Waals surface area contributed by atoms with Gasteiger partial charge in [0, 0.05) is 23.7 Å². The number of aromatic nitrogens is 2. The number of carbonyl (C=O) groups excluding carboxylic acids is 1. The Morgan fingerprint density at radius 2 is 1.85 bits per heavy atom. The third kappa shape index (κ3) is 5.11. The Kier molecular flexibility index (Phi) is 8.37. The van der Waals surface area contributed by atoms with Crippen LogP contribution in [0.2, 0.25) is 5.02 Å². The van der Waals surface area contributed by atoms with E-state index in [9.17, 15) is 4.79 Å². The van der Waals surface area contributed by atoms with Crippen LogP contribution in [-0.2, 0) is 0 Å². The van der Waals surface area contributed by atoms with E-state index in [0.29, 0.717) is 22.6 Å². The number of benzene rings is 2. The van der Waals surface area contributed by atoms with Crippen molar-refractivity contribution in [1.82, 2.24) is 20.2 Å². The first-order valence-electron chi connectivity index (χ1n) is 7.72. The first-order valence-corrected chi connectivity index (χ1v) is 8.10. The zero-order valence-corrected chi connectivity index (χ0v) is 16.8. The molecule has 0 unspecified atom stereocenters. The maximum atomic E-state index is 12.4. The molecule has 0 bridgehead atoms. The van der Waals surface area contributed by atoms with E-state index in [2.05, 4.69) is 15.3 Å². The average molecular weight is 416 g/mol. The maximum absolute atomic E-state index is 12.4. The molecule has 0 fully saturated rings. The van der Waals surface area contributed by atoms with Crippen LogP contribution >= 0.6 is 36.4 Å². The number of likely N-dealkylation sites (N-methyl/N-ethyl adjacent to an activating group) is 1. The summed E-state index contributed by atoms with van der Waals surface area (Å²) in [6, 6.07) is 13.0. The second-order valence-corrected chi connectivity index (χ2v) is 6.29. The van der Waals surface area contributed by atoms with Gasteiger partial charge in [-0.15, -0.1) is 24.8 Å². The number of hydrogen-bond donors (Lipinski definition) is 2. The van der Waals surface area contributed by atoms with Crippen LogP contribution in [0.3, 0.4) is 0 Å². The number of nitrogens with one attached hydrogen (secondary N) is 2. The van der Waals surface area contributed by atoms with Crippen molar-refractivity contribution < 1.29 is 4.79 Å². The number of amides is 1. The van der Waals surface area contributed by atoms with E-state index in [-0.39, 0.29) is 30.7 Å². The number of nitrogens with zero attached hydrogens (tertiary/aromatic N) is 2. The largest absolute Gasteiger partial charge is 0.351 e. The molecule has 0 saturated carbocycles. The lowest BCUT2D eigenvalue weighted by Crippen LogP contribution is -2.31. The normalized spacial score (nSPS) is 10.3. The van der Waals surface area contributed by atoms with Crippen LogP contribution in [0.5, 0.6) is 0 Å². The fourth-order valence-corrected chi connectivity index (χ4v) is 2.57. The molecular formula is C18H21Cl3N4O. The number of imidazole rings is 1. The van der Waals surface area contributed by atoms with Gasteiger partial charge in [0.05, 0.1) is 11.1 Å². The molecule has 0 aliphatic rings. The van der Waals surface area contributed by atoms with Crippen LogP contribution < -0.4 is 5.32 Å². The minimum Gasteiger partial charge on any atom is -0.351 e. The standard InChI is InChI=1S/C18H19ClN4O.2ClH/c1-23(2)11-10-20-18(24)14-4-3-5-15-16(14)22-17(21-15)12-6-8-13(19)9-7-12;;/h3-9H,10-11H2,1-2H3,(H,20,24)(H,21,22);2*1H. The Morgan fingerprint density at radius 3 is 2.50 bits per heavy atom. The number of aromatic amines is 1. The Balaban J connectivity index is 0.00000169. The quantitative estimate of drug-likeness (QED) is 0.661. The van der Waals surface area contributed by atoms with Crippen LogP contribution in [0, 0.1) is 0 Å². The predicted octanol–water partition coefficient (Wildman–Crippen LogP) is 4.02. The fraction of sp³-hybridized carbons (Fsp3) is 0.222. The summed E-state index contributed by atoms with van der Waals surface area (Å²) in [6.07, 6.45) is 0. The Labute approximate surface area is 170 Å². The molecule has 8 heteroatoms. The van der Waals surface area contributed by atoms with E-state index in [0.717, 1.165) is 23.4 Å². The summed E-state index contributed by atoms with van der Waals surface area (Å²) in [7, 11) is 3.94. The molecule has 2 aromatic carbocycles. The predicted molar refractivity (Wildman–Crippen MR) is 112 cm³/mol. The second kappa shape index (κ2) is 9.78. The number of para-hydroxylation sites is 1. The average Bonchev–Trinajstić information content (AvgIpc) is 2.99.